The second-order valence-corrected chi connectivity index (χ2v) is 4.78. The van der Waals surface area contributed by atoms with Gasteiger partial charge in [0.1, 0.15) is 13.1 Å². The predicted octanol–water partition coefficient (Wildman–Crippen LogP) is -1.14. The zero-order chi connectivity index (χ0) is 16.0. The second kappa shape index (κ2) is 7.46. The molecule has 1 rings (SSSR count). The number of hydrogen-bond acceptors (Lipinski definition) is 5. The fourth-order valence-electron chi connectivity index (χ4n) is 2.22. The first-order valence-corrected chi connectivity index (χ1v) is 6.47. The maximum Gasteiger partial charge on any atom is 0.323 e. The Morgan fingerprint density at radius 1 is 1.24 bits per heavy atom. The van der Waals surface area contributed by atoms with Crippen LogP contribution in [0.15, 0.2) is 0 Å². The van der Waals surface area contributed by atoms with Gasteiger partial charge in [-0.05, 0) is 12.8 Å². The first-order chi connectivity index (χ1) is 9.85. The Morgan fingerprint density at radius 3 is 2.24 bits per heavy atom. The van der Waals surface area contributed by atoms with Gasteiger partial charge in [-0.25, -0.2) is 4.79 Å². The van der Waals surface area contributed by atoms with Gasteiger partial charge in [-0.2, -0.15) is 0 Å². The van der Waals surface area contributed by atoms with E-state index in [-0.39, 0.29) is 11.9 Å². The summed E-state index contributed by atoms with van der Waals surface area (Å²) in [5.41, 5.74) is 5.01. The number of piperidine rings is 1. The lowest BCUT2D eigenvalue weighted by molar-refractivity contribution is -0.146. The molecule has 0 unspecified atom stereocenters. The van der Waals surface area contributed by atoms with Crippen molar-refractivity contribution >= 4 is 23.9 Å². The number of carbonyl (C=O) groups excluding carboxylic acids is 3. The molecular formula is C12H19N3O6. The maximum atomic E-state index is 12.2. The number of ether oxygens (including phenoxy) is 1. The molecule has 1 heterocycles. The molecule has 3 amide bonds. The minimum absolute atomic E-state index is 0.261. The number of nitrogens with two attached hydrogens (primary N) is 1. The number of methoxy groups -OCH3 is 1. The van der Waals surface area contributed by atoms with Crippen LogP contribution in [0.2, 0.25) is 0 Å². The Balaban J connectivity index is 2.62. The van der Waals surface area contributed by atoms with Crippen molar-refractivity contribution in [2.75, 3.05) is 33.3 Å². The van der Waals surface area contributed by atoms with Gasteiger partial charge in [0.25, 0.3) is 0 Å². The summed E-state index contributed by atoms with van der Waals surface area (Å²) in [6.45, 7) is -0.457. The number of hydrogen-bond donors (Lipinski definition) is 2. The summed E-state index contributed by atoms with van der Waals surface area (Å²) in [7, 11) is 1.31. The average Bonchev–Trinajstić information content (AvgIpc) is 2.44. The highest BCUT2D eigenvalue weighted by atomic mass is 16.5. The summed E-state index contributed by atoms with van der Waals surface area (Å²) in [5, 5.41) is 8.77. The maximum absolute atomic E-state index is 12.2. The minimum atomic E-state index is -1.23. The van der Waals surface area contributed by atoms with E-state index in [1.165, 1.54) is 12.0 Å². The highest BCUT2D eigenvalue weighted by Crippen LogP contribution is 2.19. The van der Waals surface area contributed by atoms with Crippen LogP contribution in [-0.2, 0) is 19.1 Å². The van der Waals surface area contributed by atoms with E-state index < -0.39 is 31.0 Å². The van der Waals surface area contributed by atoms with Crippen LogP contribution in [0.4, 0.5) is 4.79 Å². The fraction of sp³-hybridized carbons (Fsp3) is 0.667. The lowest BCUT2D eigenvalue weighted by Gasteiger charge is -2.34. The third-order valence-electron chi connectivity index (χ3n) is 3.24. The molecule has 0 aromatic carbocycles. The fourth-order valence-corrected chi connectivity index (χ4v) is 2.22. The first-order valence-electron chi connectivity index (χ1n) is 6.47. The molecule has 0 spiro atoms. The molecule has 1 fully saturated rings. The molecule has 1 saturated heterocycles. The van der Waals surface area contributed by atoms with Gasteiger partial charge in [-0.15, -0.1) is 0 Å². The number of aliphatic carboxylic acids is 1. The lowest BCUT2D eigenvalue weighted by Crippen LogP contribution is -2.51. The van der Waals surface area contributed by atoms with Crippen molar-refractivity contribution in [1.82, 2.24) is 9.80 Å². The van der Waals surface area contributed by atoms with Crippen molar-refractivity contribution in [1.29, 1.82) is 0 Å². The summed E-state index contributed by atoms with van der Waals surface area (Å²) in [6.07, 6.45) is 0.881. The van der Waals surface area contributed by atoms with Crippen LogP contribution >= 0.6 is 0 Å². The molecule has 0 saturated carbocycles. The third-order valence-corrected chi connectivity index (χ3v) is 3.24. The molecule has 0 atom stereocenters. The van der Waals surface area contributed by atoms with Crippen LogP contribution in [0.1, 0.15) is 12.8 Å². The van der Waals surface area contributed by atoms with Crippen molar-refractivity contribution in [2.45, 2.75) is 12.8 Å². The number of primary amides is 1. The molecule has 0 aromatic heterocycles. The van der Waals surface area contributed by atoms with E-state index >= 15 is 0 Å². The highest BCUT2D eigenvalue weighted by Gasteiger charge is 2.31. The van der Waals surface area contributed by atoms with Crippen molar-refractivity contribution in [2.24, 2.45) is 11.7 Å². The summed E-state index contributed by atoms with van der Waals surface area (Å²) in [4.78, 5) is 47.5. The van der Waals surface area contributed by atoms with Gasteiger partial charge < -0.3 is 25.4 Å². The van der Waals surface area contributed by atoms with Gasteiger partial charge in [-0.1, -0.05) is 0 Å². The van der Waals surface area contributed by atoms with Crippen molar-refractivity contribution in [3.05, 3.63) is 0 Å². The van der Waals surface area contributed by atoms with Crippen LogP contribution in [0.25, 0.3) is 0 Å². The van der Waals surface area contributed by atoms with E-state index in [0.29, 0.717) is 25.9 Å². The van der Waals surface area contributed by atoms with Gasteiger partial charge in [-0.3, -0.25) is 14.4 Å². The van der Waals surface area contributed by atoms with Gasteiger partial charge in [0.2, 0.25) is 5.91 Å². The molecule has 21 heavy (non-hydrogen) atoms. The van der Waals surface area contributed by atoms with E-state index in [4.69, 9.17) is 10.8 Å². The Bertz CT molecular complexity index is 415. The van der Waals surface area contributed by atoms with Crippen LogP contribution in [0.5, 0.6) is 0 Å². The predicted molar refractivity (Wildman–Crippen MR) is 70.1 cm³/mol. The summed E-state index contributed by atoms with van der Waals surface area (Å²) in [6, 6.07) is -0.570. The first kappa shape index (κ1) is 16.7. The Labute approximate surface area is 121 Å². The molecule has 0 bridgehead atoms. The topological polar surface area (TPSA) is 130 Å². The molecule has 9 heteroatoms. The molecule has 9 nitrogen and oxygen atoms in total. The molecule has 1 aliphatic rings. The number of rotatable bonds is 5. The minimum Gasteiger partial charge on any atom is -0.480 e. The van der Waals surface area contributed by atoms with Crippen LogP contribution in [0, 0.1) is 5.92 Å². The van der Waals surface area contributed by atoms with Crippen LogP contribution < -0.4 is 5.73 Å². The van der Waals surface area contributed by atoms with Crippen LogP contribution in [-0.4, -0.2) is 72.1 Å². The number of likely N-dealkylation sites (tertiary alicyclic amines) is 1. The Hall–Kier alpha value is -2.32. The number of carbonyl (C=O) groups is 4. The standard InChI is InChI=1S/C12H19N3O6/c1-21-11(19)8-2-4-14(5-3-8)12(20)15(6-9(13)16)7-10(17)18/h8H,2-7H2,1H3,(H2,13,16)(H,17,18). The van der Waals surface area contributed by atoms with E-state index in [9.17, 15) is 19.2 Å². The quantitative estimate of drug-likeness (QED) is 0.617. The molecule has 0 aliphatic carbocycles. The zero-order valence-corrected chi connectivity index (χ0v) is 11.8. The Kier molecular flexibility index (Phi) is 5.94. The molecule has 118 valence electrons. The van der Waals surface area contributed by atoms with E-state index in [2.05, 4.69) is 4.74 Å². The van der Waals surface area contributed by atoms with E-state index in [1.807, 2.05) is 0 Å². The van der Waals surface area contributed by atoms with Crippen molar-refractivity contribution < 1.29 is 29.0 Å². The van der Waals surface area contributed by atoms with Crippen molar-refractivity contribution in [3.8, 4) is 0 Å². The zero-order valence-electron chi connectivity index (χ0n) is 11.8. The van der Waals surface area contributed by atoms with E-state index in [1.54, 1.807) is 0 Å². The number of carboxylic acid groups (broad SMARTS) is 1. The lowest BCUT2D eigenvalue weighted by atomic mass is 9.97. The average molecular weight is 301 g/mol. The molecule has 1 aliphatic heterocycles. The monoisotopic (exact) mass is 301 g/mol. The molecule has 0 radical (unpaired) electrons. The number of carboxylic acids is 1. The largest absolute Gasteiger partial charge is 0.480 e. The SMILES string of the molecule is COC(=O)C1CCN(C(=O)N(CC(N)=O)CC(=O)O)CC1. The van der Waals surface area contributed by atoms with Gasteiger partial charge in [0.15, 0.2) is 0 Å². The smallest absolute Gasteiger partial charge is 0.323 e. The van der Waals surface area contributed by atoms with Crippen LogP contribution in [0.3, 0.4) is 0 Å². The second-order valence-electron chi connectivity index (χ2n) is 4.78. The molecule has 3 N–H and O–H groups in total. The summed E-state index contributed by atoms with van der Waals surface area (Å²) < 4.78 is 4.65. The van der Waals surface area contributed by atoms with Gasteiger partial charge >= 0.3 is 18.0 Å². The van der Waals surface area contributed by atoms with Gasteiger partial charge in [0, 0.05) is 13.1 Å². The summed E-state index contributed by atoms with van der Waals surface area (Å²) in [5.74, 6) is -2.59. The number of urea groups is 1. The number of esters is 1. The molecular weight excluding hydrogens is 282 g/mol. The normalized spacial score (nSPS) is 15.4. The highest BCUT2D eigenvalue weighted by molar-refractivity contribution is 5.86. The van der Waals surface area contributed by atoms with Crippen molar-refractivity contribution in [3.63, 3.8) is 0 Å². The Morgan fingerprint density at radius 2 is 1.81 bits per heavy atom. The van der Waals surface area contributed by atoms with Gasteiger partial charge in [0.05, 0.1) is 13.0 Å². The van der Waals surface area contributed by atoms with E-state index in [0.717, 1.165) is 4.90 Å². The number of amides is 3. The number of nitrogens with zero attached hydrogens (tertiary/aromatic N) is 2. The molecule has 0 aromatic rings. The third kappa shape index (κ3) is 4.93. The summed E-state index contributed by atoms with van der Waals surface area (Å²) >= 11 is 0.